The molecule has 2 aromatic carbocycles. The van der Waals surface area contributed by atoms with Crippen LogP contribution in [-0.4, -0.2) is 28.1 Å². The monoisotopic (exact) mass is 397 g/mol. The minimum Gasteiger partial charge on any atom is -0.478 e. The molecule has 7 nitrogen and oxygen atoms in total. The molecule has 1 heterocycles. The largest absolute Gasteiger partial charge is 0.478 e. The molecular weight excluding hydrogens is 382 g/mol. The molecule has 142 valence electrons. The lowest BCUT2D eigenvalue weighted by atomic mass is 10.1. The summed E-state index contributed by atoms with van der Waals surface area (Å²) in [5, 5.41) is 22.9. The van der Waals surface area contributed by atoms with Gasteiger partial charge in [-0.3, -0.25) is 4.79 Å². The second kappa shape index (κ2) is 8.36. The molecule has 0 aliphatic carbocycles. The van der Waals surface area contributed by atoms with Crippen LogP contribution in [0.5, 0.6) is 11.5 Å². The number of anilines is 1. The number of hydrogen-bond donors (Lipinski definition) is 3. The van der Waals surface area contributed by atoms with Crippen LogP contribution in [-0.2, 0) is 11.2 Å². The molecule has 0 fully saturated rings. The summed E-state index contributed by atoms with van der Waals surface area (Å²) in [5.41, 5.74) is -0.167. The first-order valence-electron chi connectivity index (χ1n) is 8.13. The molecule has 1 aromatic heterocycles. The van der Waals surface area contributed by atoms with Crippen molar-refractivity contribution < 1.29 is 29.3 Å². The SMILES string of the molecule is O=C(Cc1cccs1)Nc1cccc(Oc2ccc(C(=O)O)c(C(=O)O)c2)c1. The summed E-state index contributed by atoms with van der Waals surface area (Å²) < 4.78 is 5.63. The quantitative estimate of drug-likeness (QED) is 0.553. The Balaban J connectivity index is 1.74. The van der Waals surface area contributed by atoms with Crippen molar-refractivity contribution in [3.05, 3.63) is 76.0 Å². The van der Waals surface area contributed by atoms with Crippen LogP contribution >= 0.6 is 11.3 Å². The van der Waals surface area contributed by atoms with E-state index < -0.39 is 11.9 Å². The van der Waals surface area contributed by atoms with Gasteiger partial charge in [0.15, 0.2) is 0 Å². The molecule has 0 radical (unpaired) electrons. The van der Waals surface area contributed by atoms with Crippen molar-refractivity contribution >= 4 is 34.9 Å². The lowest BCUT2D eigenvalue weighted by Gasteiger charge is -2.10. The van der Waals surface area contributed by atoms with Gasteiger partial charge in [0.05, 0.1) is 17.5 Å². The third kappa shape index (κ3) is 4.74. The van der Waals surface area contributed by atoms with E-state index in [0.29, 0.717) is 11.4 Å². The summed E-state index contributed by atoms with van der Waals surface area (Å²) in [6.07, 6.45) is 0.265. The van der Waals surface area contributed by atoms with E-state index in [2.05, 4.69) is 5.32 Å². The third-order valence-electron chi connectivity index (χ3n) is 3.72. The van der Waals surface area contributed by atoms with Gasteiger partial charge in [-0.2, -0.15) is 0 Å². The van der Waals surface area contributed by atoms with E-state index in [1.165, 1.54) is 23.5 Å². The molecule has 28 heavy (non-hydrogen) atoms. The van der Waals surface area contributed by atoms with Gasteiger partial charge in [0, 0.05) is 16.6 Å². The number of carbonyl (C=O) groups excluding carboxylic acids is 1. The van der Waals surface area contributed by atoms with Crippen molar-refractivity contribution in [1.82, 2.24) is 0 Å². The van der Waals surface area contributed by atoms with E-state index >= 15 is 0 Å². The Hall–Kier alpha value is -3.65. The number of ether oxygens (including phenoxy) is 1. The number of aromatic carboxylic acids is 2. The minimum atomic E-state index is -1.36. The summed E-state index contributed by atoms with van der Waals surface area (Å²) in [4.78, 5) is 35.4. The first kappa shape index (κ1) is 19.1. The molecule has 0 aliphatic rings. The molecule has 0 aliphatic heterocycles. The molecule has 3 rings (SSSR count). The van der Waals surface area contributed by atoms with Crippen molar-refractivity contribution in [3.8, 4) is 11.5 Å². The second-order valence-corrected chi connectivity index (χ2v) is 6.78. The van der Waals surface area contributed by atoms with Crippen molar-refractivity contribution in [2.45, 2.75) is 6.42 Å². The average molecular weight is 397 g/mol. The number of rotatable bonds is 7. The van der Waals surface area contributed by atoms with Crippen LogP contribution < -0.4 is 10.1 Å². The van der Waals surface area contributed by atoms with Gasteiger partial charge < -0.3 is 20.3 Å². The molecule has 0 saturated heterocycles. The number of thiophene rings is 1. The Morgan fingerprint density at radius 3 is 2.32 bits per heavy atom. The Bertz CT molecular complexity index is 1030. The smallest absolute Gasteiger partial charge is 0.336 e. The van der Waals surface area contributed by atoms with Crippen molar-refractivity contribution in [3.63, 3.8) is 0 Å². The lowest BCUT2D eigenvalue weighted by molar-refractivity contribution is -0.115. The highest BCUT2D eigenvalue weighted by molar-refractivity contribution is 7.10. The van der Waals surface area contributed by atoms with Gasteiger partial charge in [-0.05, 0) is 41.8 Å². The fraction of sp³-hybridized carbons (Fsp3) is 0.0500. The zero-order valence-electron chi connectivity index (χ0n) is 14.4. The normalized spacial score (nSPS) is 10.3. The van der Waals surface area contributed by atoms with E-state index in [1.807, 2.05) is 17.5 Å². The first-order valence-corrected chi connectivity index (χ1v) is 9.01. The van der Waals surface area contributed by atoms with Crippen molar-refractivity contribution in [1.29, 1.82) is 0 Å². The van der Waals surface area contributed by atoms with Crippen LogP contribution in [0.25, 0.3) is 0 Å². The standard InChI is InChI=1S/C20H15NO6S/c22-18(11-15-5-2-8-28-15)21-12-3-1-4-13(9-12)27-14-6-7-16(19(23)24)17(10-14)20(25)26/h1-10H,11H2,(H,21,22)(H,23,24)(H,25,26). The van der Waals surface area contributed by atoms with Crippen LogP contribution in [0.15, 0.2) is 60.0 Å². The fourth-order valence-electron chi connectivity index (χ4n) is 2.50. The van der Waals surface area contributed by atoms with Crippen molar-refractivity contribution in [2.75, 3.05) is 5.32 Å². The number of amides is 1. The summed E-state index contributed by atoms with van der Waals surface area (Å²) in [6.45, 7) is 0. The molecule has 3 N–H and O–H groups in total. The number of carbonyl (C=O) groups is 3. The highest BCUT2D eigenvalue weighted by Crippen LogP contribution is 2.26. The molecule has 0 atom stereocenters. The van der Waals surface area contributed by atoms with Gasteiger partial charge in [0.1, 0.15) is 11.5 Å². The average Bonchev–Trinajstić information content (AvgIpc) is 3.14. The topological polar surface area (TPSA) is 113 Å². The highest BCUT2D eigenvalue weighted by atomic mass is 32.1. The minimum absolute atomic E-state index is 0.168. The third-order valence-corrected chi connectivity index (χ3v) is 4.60. The summed E-state index contributed by atoms with van der Waals surface area (Å²) in [5.74, 6) is -2.33. The Labute approximate surface area is 163 Å². The first-order chi connectivity index (χ1) is 13.4. The Morgan fingerprint density at radius 1 is 0.893 bits per heavy atom. The number of carboxylic acids is 2. The van der Waals surface area contributed by atoms with Gasteiger partial charge in [0.25, 0.3) is 0 Å². The maximum absolute atomic E-state index is 12.1. The van der Waals surface area contributed by atoms with Gasteiger partial charge in [0.2, 0.25) is 5.91 Å². The van der Waals surface area contributed by atoms with Crippen LogP contribution in [0.1, 0.15) is 25.6 Å². The maximum Gasteiger partial charge on any atom is 0.336 e. The van der Waals surface area contributed by atoms with E-state index in [1.54, 1.807) is 24.3 Å². The van der Waals surface area contributed by atoms with Crippen LogP contribution in [0.4, 0.5) is 5.69 Å². The van der Waals surface area contributed by atoms with Crippen LogP contribution in [0, 0.1) is 0 Å². The molecular formula is C20H15NO6S. The van der Waals surface area contributed by atoms with Crippen LogP contribution in [0.2, 0.25) is 0 Å². The summed E-state index contributed by atoms with van der Waals surface area (Å²) >= 11 is 1.50. The zero-order valence-corrected chi connectivity index (χ0v) is 15.2. The Kier molecular flexibility index (Phi) is 5.71. The van der Waals surface area contributed by atoms with E-state index in [-0.39, 0.29) is 29.2 Å². The predicted octanol–water partition coefficient (Wildman–Crippen LogP) is 4.12. The number of carboxylic acid groups (broad SMARTS) is 2. The van der Waals surface area contributed by atoms with E-state index in [9.17, 15) is 19.5 Å². The molecule has 0 unspecified atom stereocenters. The zero-order chi connectivity index (χ0) is 20.1. The maximum atomic E-state index is 12.1. The van der Waals surface area contributed by atoms with Gasteiger partial charge in [-0.15, -0.1) is 11.3 Å². The van der Waals surface area contributed by atoms with E-state index in [4.69, 9.17) is 9.84 Å². The van der Waals surface area contributed by atoms with Gasteiger partial charge in [-0.1, -0.05) is 12.1 Å². The number of benzene rings is 2. The summed E-state index contributed by atoms with van der Waals surface area (Å²) in [6, 6.07) is 14.1. The number of nitrogens with one attached hydrogen (secondary N) is 1. The van der Waals surface area contributed by atoms with E-state index in [0.717, 1.165) is 10.9 Å². The Morgan fingerprint density at radius 2 is 1.64 bits per heavy atom. The molecule has 1 amide bonds. The fourth-order valence-corrected chi connectivity index (χ4v) is 3.20. The second-order valence-electron chi connectivity index (χ2n) is 5.75. The molecule has 0 bridgehead atoms. The summed E-state index contributed by atoms with van der Waals surface area (Å²) in [7, 11) is 0. The molecule has 0 saturated carbocycles. The molecule has 3 aromatic rings. The number of hydrogen-bond acceptors (Lipinski definition) is 5. The lowest BCUT2D eigenvalue weighted by Crippen LogP contribution is -2.13. The van der Waals surface area contributed by atoms with Crippen molar-refractivity contribution in [2.24, 2.45) is 0 Å². The van der Waals surface area contributed by atoms with Crippen LogP contribution in [0.3, 0.4) is 0 Å². The highest BCUT2D eigenvalue weighted by Gasteiger charge is 2.17. The molecule has 8 heteroatoms. The molecule has 0 spiro atoms. The predicted molar refractivity (Wildman–Crippen MR) is 104 cm³/mol. The van der Waals surface area contributed by atoms with Gasteiger partial charge >= 0.3 is 11.9 Å². The van der Waals surface area contributed by atoms with Gasteiger partial charge in [-0.25, -0.2) is 9.59 Å².